The van der Waals surface area contributed by atoms with Crippen molar-refractivity contribution in [3.05, 3.63) is 46.8 Å². The number of ether oxygens (including phenoxy) is 1. The van der Waals surface area contributed by atoms with Crippen molar-refractivity contribution in [3.8, 4) is 11.4 Å². The Hall–Kier alpha value is -2.03. The van der Waals surface area contributed by atoms with Gasteiger partial charge in [-0.05, 0) is 45.4 Å². The monoisotopic (exact) mass is 257 g/mol. The summed E-state index contributed by atoms with van der Waals surface area (Å²) in [5.74, 6) is 0.837. The summed E-state index contributed by atoms with van der Waals surface area (Å²) >= 11 is 0. The summed E-state index contributed by atoms with van der Waals surface area (Å²) in [5.41, 5.74) is 4.81. The van der Waals surface area contributed by atoms with Crippen LogP contribution in [-0.2, 0) is 0 Å². The number of para-hydroxylation sites is 2. The second-order valence-corrected chi connectivity index (χ2v) is 4.56. The molecule has 0 bridgehead atoms. The van der Waals surface area contributed by atoms with Gasteiger partial charge in [-0.3, -0.25) is 4.79 Å². The van der Waals surface area contributed by atoms with E-state index in [1.165, 1.54) is 0 Å². The molecular formula is C16H19NO2. The molecule has 0 saturated heterocycles. The Kier molecular flexibility index (Phi) is 3.74. The zero-order chi connectivity index (χ0) is 14.0. The molecule has 0 radical (unpaired) electrons. The average molecular weight is 257 g/mol. The highest BCUT2D eigenvalue weighted by molar-refractivity contribution is 5.80. The van der Waals surface area contributed by atoms with Gasteiger partial charge >= 0.3 is 0 Å². The van der Waals surface area contributed by atoms with Crippen molar-refractivity contribution in [3.63, 3.8) is 0 Å². The summed E-state index contributed by atoms with van der Waals surface area (Å²) < 4.78 is 7.76. The lowest BCUT2D eigenvalue weighted by Gasteiger charge is -2.14. The van der Waals surface area contributed by atoms with E-state index in [1.807, 2.05) is 52.0 Å². The van der Waals surface area contributed by atoms with Crippen molar-refractivity contribution >= 4 is 6.29 Å². The molecule has 1 aromatic carbocycles. The van der Waals surface area contributed by atoms with Crippen LogP contribution in [0, 0.1) is 20.8 Å². The van der Waals surface area contributed by atoms with Crippen molar-refractivity contribution in [2.45, 2.75) is 27.7 Å². The smallest absolute Gasteiger partial charge is 0.152 e. The van der Waals surface area contributed by atoms with Gasteiger partial charge in [-0.2, -0.15) is 0 Å². The number of aldehydes is 1. The van der Waals surface area contributed by atoms with E-state index in [0.29, 0.717) is 6.61 Å². The van der Waals surface area contributed by atoms with Crippen molar-refractivity contribution < 1.29 is 9.53 Å². The zero-order valence-electron chi connectivity index (χ0n) is 11.9. The molecule has 0 aliphatic heterocycles. The largest absolute Gasteiger partial charge is 0.492 e. The van der Waals surface area contributed by atoms with Crippen molar-refractivity contribution in [1.29, 1.82) is 0 Å². The van der Waals surface area contributed by atoms with Crippen molar-refractivity contribution in [2.75, 3.05) is 6.61 Å². The van der Waals surface area contributed by atoms with Crippen LogP contribution in [0.15, 0.2) is 24.3 Å². The van der Waals surface area contributed by atoms with Crippen LogP contribution in [-0.4, -0.2) is 17.5 Å². The first-order valence-corrected chi connectivity index (χ1v) is 6.47. The topological polar surface area (TPSA) is 31.2 Å². The molecule has 2 rings (SSSR count). The highest BCUT2D eigenvalue weighted by atomic mass is 16.5. The number of hydrogen-bond donors (Lipinski definition) is 0. The van der Waals surface area contributed by atoms with Crippen LogP contribution in [0.25, 0.3) is 5.69 Å². The molecule has 100 valence electrons. The summed E-state index contributed by atoms with van der Waals surface area (Å²) in [6.45, 7) is 8.56. The predicted octanol–water partition coefficient (Wildman–Crippen LogP) is 3.61. The summed E-state index contributed by atoms with van der Waals surface area (Å²) in [6.07, 6.45) is 0.928. The molecule has 0 spiro atoms. The molecule has 1 heterocycles. The van der Waals surface area contributed by atoms with Gasteiger partial charge in [-0.1, -0.05) is 12.1 Å². The third kappa shape index (κ3) is 2.16. The van der Waals surface area contributed by atoms with Gasteiger partial charge in [0.05, 0.1) is 12.3 Å². The molecule has 0 N–H and O–H groups in total. The Balaban J connectivity index is 2.69. The first kappa shape index (κ1) is 13.4. The molecule has 3 nitrogen and oxygen atoms in total. The van der Waals surface area contributed by atoms with Gasteiger partial charge in [-0.25, -0.2) is 0 Å². The third-order valence-electron chi connectivity index (χ3n) is 3.53. The van der Waals surface area contributed by atoms with Gasteiger partial charge in [0, 0.05) is 17.0 Å². The minimum atomic E-state index is 0.621. The Morgan fingerprint density at radius 3 is 2.42 bits per heavy atom. The lowest BCUT2D eigenvalue weighted by atomic mass is 10.1. The van der Waals surface area contributed by atoms with Crippen LogP contribution in [0.5, 0.6) is 5.75 Å². The summed E-state index contributed by atoms with van der Waals surface area (Å²) in [4.78, 5) is 11.2. The summed E-state index contributed by atoms with van der Waals surface area (Å²) in [7, 11) is 0. The maximum Gasteiger partial charge on any atom is 0.152 e. The molecular weight excluding hydrogens is 238 g/mol. The lowest BCUT2D eigenvalue weighted by Crippen LogP contribution is -2.03. The number of aromatic nitrogens is 1. The predicted molar refractivity (Wildman–Crippen MR) is 76.5 cm³/mol. The number of nitrogens with zero attached hydrogens (tertiary/aromatic N) is 1. The van der Waals surface area contributed by atoms with E-state index in [4.69, 9.17) is 4.74 Å². The molecule has 0 atom stereocenters. The minimum Gasteiger partial charge on any atom is -0.492 e. The second-order valence-electron chi connectivity index (χ2n) is 4.56. The quantitative estimate of drug-likeness (QED) is 0.783. The van der Waals surface area contributed by atoms with Crippen LogP contribution in [0.2, 0.25) is 0 Å². The number of carbonyl (C=O) groups excluding carboxylic acids is 1. The van der Waals surface area contributed by atoms with Crippen LogP contribution < -0.4 is 4.74 Å². The van der Waals surface area contributed by atoms with E-state index in [-0.39, 0.29) is 0 Å². The number of benzene rings is 1. The fourth-order valence-corrected chi connectivity index (χ4v) is 2.46. The van der Waals surface area contributed by atoms with E-state index < -0.39 is 0 Å². The van der Waals surface area contributed by atoms with Crippen LogP contribution in [0.4, 0.5) is 0 Å². The van der Waals surface area contributed by atoms with Gasteiger partial charge in [-0.15, -0.1) is 0 Å². The van der Waals surface area contributed by atoms with Crippen molar-refractivity contribution in [2.24, 2.45) is 0 Å². The first-order valence-electron chi connectivity index (χ1n) is 6.47. The Bertz CT molecular complexity index is 611. The number of hydrogen-bond acceptors (Lipinski definition) is 2. The van der Waals surface area contributed by atoms with E-state index >= 15 is 0 Å². The summed E-state index contributed by atoms with van der Waals surface area (Å²) in [6, 6.07) is 7.90. The van der Waals surface area contributed by atoms with Gasteiger partial charge in [0.1, 0.15) is 5.75 Å². The molecule has 0 amide bonds. The first-order chi connectivity index (χ1) is 9.11. The normalized spacial score (nSPS) is 10.5. The summed E-state index contributed by atoms with van der Waals surface area (Å²) in [5, 5.41) is 0. The molecule has 3 heteroatoms. The molecule has 0 aliphatic rings. The van der Waals surface area contributed by atoms with Gasteiger partial charge in [0.15, 0.2) is 6.29 Å². The highest BCUT2D eigenvalue weighted by Crippen LogP contribution is 2.29. The molecule has 0 unspecified atom stereocenters. The van der Waals surface area contributed by atoms with Gasteiger partial charge < -0.3 is 9.30 Å². The zero-order valence-corrected chi connectivity index (χ0v) is 11.9. The van der Waals surface area contributed by atoms with Crippen LogP contribution in [0.1, 0.15) is 34.2 Å². The van der Waals surface area contributed by atoms with Crippen LogP contribution >= 0.6 is 0 Å². The van der Waals surface area contributed by atoms with E-state index in [2.05, 4.69) is 4.57 Å². The SMILES string of the molecule is CCOc1ccccc1-n1c(C)c(C)c(C=O)c1C. The highest BCUT2D eigenvalue weighted by Gasteiger charge is 2.17. The molecule has 0 fully saturated rings. The molecule has 0 saturated carbocycles. The fourth-order valence-electron chi connectivity index (χ4n) is 2.46. The number of carbonyl (C=O) groups is 1. The molecule has 19 heavy (non-hydrogen) atoms. The van der Waals surface area contributed by atoms with E-state index in [1.54, 1.807) is 0 Å². The number of rotatable bonds is 4. The maximum atomic E-state index is 11.2. The maximum absolute atomic E-state index is 11.2. The molecule has 2 aromatic rings. The van der Waals surface area contributed by atoms with E-state index in [9.17, 15) is 4.79 Å². The van der Waals surface area contributed by atoms with Gasteiger partial charge in [0.2, 0.25) is 0 Å². The van der Waals surface area contributed by atoms with Crippen LogP contribution in [0.3, 0.4) is 0 Å². The Labute approximate surface area is 113 Å². The Morgan fingerprint density at radius 1 is 1.16 bits per heavy atom. The molecule has 1 aromatic heterocycles. The van der Waals surface area contributed by atoms with Crippen molar-refractivity contribution in [1.82, 2.24) is 4.57 Å². The Morgan fingerprint density at radius 2 is 1.84 bits per heavy atom. The lowest BCUT2D eigenvalue weighted by molar-refractivity contribution is 0.112. The third-order valence-corrected chi connectivity index (χ3v) is 3.53. The average Bonchev–Trinajstić information content (AvgIpc) is 2.62. The minimum absolute atomic E-state index is 0.621. The van der Waals surface area contributed by atoms with Gasteiger partial charge in [0.25, 0.3) is 0 Å². The second kappa shape index (κ2) is 5.31. The fraction of sp³-hybridized carbons (Fsp3) is 0.312. The van der Waals surface area contributed by atoms with E-state index in [0.717, 1.165) is 40.2 Å². The molecule has 0 aliphatic carbocycles. The standard InChI is InChI=1S/C16H19NO2/c1-5-19-16-9-7-6-8-15(16)17-12(3)11(2)14(10-18)13(17)4/h6-10H,5H2,1-4H3.